The van der Waals surface area contributed by atoms with Crippen molar-refractivity contribution in [3.05, 3.63) is 77.8 Å². The number of anilines is 1. The van der Waals surface area contributed by atoms with Gasteiger partial charge in [-0.1, -0.05) is 19.1 Å². The smallest absolute Gasteiger partial charge is 0.149 e. The molecule has 1 aromatic carbocycles. The second-order valence-electron chi connectivity index (χ2n) is 8.15. The Hall–Kier alpha value is -2.90. The van der Waals surface area contributed by atoms with E-state index in [1.54, 1.807) is 24.4 Å². The van der Waals surface area contributed by atoms with Gasteiger partial charge in [0.05, 0.1) is 6.10 Å². The quantitative estimate of drug-likeness (QED) is 0.657. The van der Waals surface area contributed by atoms with Crippen LogP contribution in [0.5, 0.6) is 0 Å². The minimum Gasteiger partial charge on any atom is -0.391 e. The highest BCUT2D eigenvalue weighted by molar-refractivity contribution is 5.60. The van der Waals surface area contributed by atoms with Crippen LogP contribution in [0.4, 0.5) is 14.5 Å². The van der Waals surface area contributed by atoms with Crippen molar-refractivity contribution in [1.82, 2.24) is 9.97 Å². The summed E-state index contributed by atoms with van der Waals surface area (Å²) in [6.45, 7) is 3.26. The van der Waals surface area contributed by atoms with Gasteiger partial charge in [-0.25, -0.2) is 13.8 Å². The van der Waals surface area contributed by atoms with E-state index in [0.29, 0.717) is 31.6 Å². The predicted molar refractivity (Wildman–Crippen MR) is 117 cm³/mol. The Morgan fingerprint density at radius 1 is 1.06 bits per heavy atom. The first-order valence-corrected chi connectivity index (χ1v) is 10.5. The fourth-order valence-electron chi connectivity index (χ4n) is 4.16. The number of pyridine rings is 2. The molecule has 0 saturated carbocycles. The average Bonchev–Trinajstić information content (AvgIpc) is 2.77. The zero-order chi connectivity index (χ0) is 22.0. The molecule has 3 atom stereocenters. The van der Waals surface area contributed by atoms with Crippen LogP contribution >= 0.6 is 0 Å². The van der Waals surface area contributed by atoms with E-state index in [0.717, 1.165) is 11.3 Å². The SMILES string of the molecule is C[C@H]1CN(c2ccncc2CCc2ccc(F)c(-c3ccccc3F)n2)C[C@@H](N)[C@@H]1O. The number of hydrogen-bond acceptors (Lipinski definition) is 5. The zero-order valence-electron chi connectivity index (χ0n) is 17.4. The number of benzene rings is 1. The molecule has 31 heavy (non-hydrogen) atoms. The maximum atomic E-state index is 14.3. The lowest BCUT2D eigenvalue weighted by Crippen LogP contribution is -2.55. The number of halogens is 2. The first kappa shape index (κ1) is 21.3. The van der Waals surface area contributed by atoms with Crippen LogP contribution in [0.25, 0.3) is 11.3 Å². The summed E-state index contributed by atoms with van der Waals surface area (Å²) in [5, 5.41) is 10.2. The molecular formula is C24H26F2N4O. The molecule has 2 aromatic heterocycles. The number of aliphatic hydroxyl groups is 1. The molecule has 1 saturated heterocycles. The summed E-state index contributed by atoms with van der Waals surface area (Å²) >= 11 is 0. The van der Waals surface area contributed by atoms with Gasteiger partial charge in [0.2, 0.25) is 0 Å². The number of piperidine rings is 1. The highest BCUT2D eigenvalue weighted by atomic mass is 19.1. The van der Waals surface area contributed by atoms with Crippen LogP contribution in [0, 0.1) is 17.6 Å². The van der Waals surface area contributed by atoms with E-state index in [4.69, 9.17) is 5.73 Å². The van der Waals surface area contributed by atoms with Crippen molar-refractivity contribution < 1.29 is 13.9 Å². The van der Waals surface area contributed by atoms with Crippen molar-refractivity contribution in [3.8, 4) is 11.3 Å². The van der Waals surface area contributed by atoms with E-state index in [1.165, 1.54) is 18.2 Å². The monoisotopic (exact) mass is 424 g/mol. The van der Waals surface area contributed by atoms with Gasteiger partial charge in [-0.15, -0.1) is 0 Å². The van der Waals surface area contributed by atoms with Crippen LogP contribution in [0.3, 0.4) is 0 Å². The summed E-state index contributed by atoms with van der Waals surface area (Å²) in [6, 6.07) is 10.7. The van der Waals surface area contributed by atoms with Crippen molar-refractivity contribution >= 4 is 5.69 Å². The van der Waals surface area contributed by atoms with E-state index in [9.17, 15) is 13.9 Å². The lowest BCUT2D eigenvalue weighted by atomic mass is 9.92. The van der Waals surface area contributed by atoms with Gasteiger partial charge in [0.1, 0.15) is 17.3 Å². The largest absolute Gasteiger partial charge is 0.391 e. The first-order chi connectivity index (χ1) is 14.9. The van der Waals surface area contributed by atoms with Crippen molar-refractivity contribution in [3.63, 3.8) is 0 Å². The van der Waals surface area contributed by atoms with Crippen molar-refractivity contribution in [2.75, 3.05) is 18.0 Å². The Morgan fingerprint density at radius 2 is 1.87 bits per heavy atom. The van der Waals surface area contributed by atoms with Crippen LogP contribution in [-0.4, -0.2) is 40.3 Å². The van der Waals surface area contributed by atoms with Crippen LogP contribution < -0.4 is 10.6 Å². The second kappa shape index (κ2) is 9.08. The molecule has 0 amide bonds. The normalized spacial score (nSPS) is 21.3. The molecule has 1 aliphatic heterocycles. The molecular weight excluding hydrogens is 398 g/mol. The fraction of sp³-hybridized carbons (Fsp3) is 0.333. The van der Waals surface area contributed by atoms with E-state index >= 15 is 0 Å². The van der Waals surface area contributed by atoms with Gasteiger partial charge in [-0.3, -0.25) is 4.98 Å². The van der Waals surface area contributed by atoms with Gasteiger partial charge in [0.25, 0.3) is 0 Å². The fourth-order valence-corrected chi connectivity index (χ4v) is 4.16. The van der Waals surface area contributed by atoms with Gasteiger partial charge in [-0.05, 0) is 48.7 Å². The topological polar surface area (TPSA) is 75.3 Å². The summed E-state index contributed by atoms with van der Waals surface area (Å²) in [7, 11) is 0. The third kappa shape index (κ3) is 4.57. The van der Waals surface area contributed by atoms with Gasteiger partial charge < -0.3 is 15.7 Å². The third-order valence-electron chi connectivity index (χ3n) is 5.86. The molecule has 1 aliphatic rings. The first-order valence-electron chi connectivity index (χ1n) is 10.5. The molecule has 0 spiro atoms. The molecule has 1 fully saturated rings. The zero-order valence-corrected chi connectivity index (χ0v) is 17.4. The Balaban J connectivity index is 1.55. The molecule has 3 heterocycles. The van der Waals surface area contributed by atoms with Crippen LogP contribution in [0.15, 0.2) is 54.9 Å². The molecule has 4 rings (SSSR count). The van der Waals surface area contributed by atoms with E-state index in [2.05, 4.69) is 14.9 Å². The summed E-state index contributed by atoms with van der Waals surface area (Å²) < 4.78 is 28.5. The lowest BCUT2D eigenvalue weighted by molar-refractivity contribution is 0.0784. The van der Waals surface area contributed by atoms with E-state index < -0.39 is 17.7 Å². The van der Waals surface area contributed by atoms with Crippen molar-refractivity contribution in [1.29, 1.82) is 0 Å². The summed E-state index contributed by atoms with van der Waals surface area (Å²) in [6.07, 6.45) is 4.24. The van der Waals surface area contributed by atoms with Gasteiger partial charge in [0, 0.05) is 54.4 Å². The van der Waals surface area contributed by atoms with E-state index in [-0.39, 0.29) is 23.2 Å². The lowest BCUT2D eigenvalue weighted by Gasteiger charge is -2.40. The Morgan fingerprint density at radius 3 is 2.65 bits per heavy atom. The van der Waals surface area contributed by atoms with Gasteiger partial charge in [0.15, 0.2) is 0 Å². The number of nitrogens with two attached hydrogens (primary N) is 1. The molecule has 0 aliphatic carbocycles. The minimum absolute atomic E-state index is 0.0202. The molecule has 3 aromatic rings. The summed E-state index contributed by atoms with van der Waals surface area (Å²) in [5.74, 6) is -0.990. The van der Waals surface area contributed by atoms with Gasteiger partial charge in [-0.2, -0.15) is 0 Å². The Kier molecular flexibility index (Phi) is 6.25. The van der Waals surface area contributed by atoms with Crippen LogP contribution in [0.1, 0.15) is 18.2 Å². The Bertz CT molecular complexity index is 1050. The summed E-state index contributed by atoms with van der Waals surface area (Å²) in [4.78, 5) is 10.8. The highest BCUT2D eigenvalue weighted by Crippen LogP contribution is 2.28. The molecule has 0 bridgehead atoms. The third-order valence-corrected chi connectivity index (χ3v) is 5.86. The number of aliphatic hydroxyl groups excluding tert-OH is 1. The summed E-state index contributed by atoms with van der Waals surface area (Å²) in [5.41, 5.74) is 9.03. The number of hydrogen-bond donors (Lipinski definition) is 2. The van der Waals surface area contributed by atoms with Crippen LogP contribution in [-0.2, 0) is 12.8 Å². The molecule has 0 radical (unpaired) electrons. The number of aromatic nitrogens is 2. The van der Waals surface area contributed by atoms with Crippen molar-refractivity contribution in [2.45, 2.75) is 31.9 Å². The number of rotatable bonds is 5. The maximum Gasteiger partial charge on any atom is 0.149 e. The molecule has 162 valence electrons. The van der Waals surface area contributed by atoms with Crippen LogP contribution in [0.2, 0.25) is 0 Å². The second-order valence-corrected chi connectivity index (χ2v) is 8.15. The van der Waals surface area contributed by atoms with Crippen molar-refractivity contribution in [2.24, 2.45) is 11.7 Å². The molecule has 7 heteroatoms. The standard InChI is InChI=1S/C24H26F2N4O/c1-15-13-30(14-21(27)24(15)31)22-10-11-28-12-16(22)6-7-17-8-9-20(26)23(29-17)18-4-2-3-5-19(18)25/h2-5,8-12,15,21,24,31H,6-7,13-14,27H2,1H3/t15-,21+,24+/m0/s1. The average molecular weight is 424 g/mol. The Labute approximate surface area is 180 Å². The highest BCUT2D eigenvalue weighted by Gasteiger charge is 2.31. The molecule has 5 nitrogen and oxygen atoms in total. The molecule has 0 unspecified atom stereocenters. The minimum atomic E-state index is -0.550. The van der Waals surface area contributed by atoms with E-state index in [1.807, 2.05) is 19.2 Å². The predicted octanol–water partition coefficient (Wildman–Crippen LogP) is 3.35. The maximum absolute atomic E-state index is 14.3. The number of nitrogens with zero attached hydrogens (tertiary/aromatic N) is 3. The van der Waals surface area contributed by atoms with Gasteiger partial charge >= 0.3 is 0 Å². The molecule has 3 N–H and O–H groups in total. The number of aryl methyl sites for hydroxylation is 2.